The van der Waals surface area contributed by atoms with Crippen LogP contribution >= 0.6 is 0 Å². The van der Waals surface area contributed by atoms with Crippen LogP contribution < -0.4 is 4.74 Å². The molecule has 38 heavy (non-hydrogen) atoms. The first kappa shape index (κ1) is 22.5. The molecular weight excluding hydrogens is 468 g/mol. The number of methoxy groups -OCH3 is 1. The summed E-state index contributed by atoms with van der Waals surface area (Å²) in [4.78, 5) is 6.56. The van der Waals surface area contributed by atoms with Crippen LogP contribution in [0.1, 0.15) is 53.6 Å². The molecule has 4 aromatic rings. The highest BCUT2D eigenvalue weighted by Gasteiger charge is 2.73. The van der Waals surface area contributed by atoms with Gasteiger partial charge in [0, 0.05) is 45.0 Å². The van der Waals surface area contributed by atoms with Crippen LogP contribution in [0.2, 0.25) is 0 Å². The highest BCUT2D eigenvalue weighted by Crippen LogP contribution is 2.76. The van der Waals surface area contributed by atoms with E-state index in [9.17, 15) is 5.11 Å². The Morgan fingerprint density at radius 3 is 2.63 bits per heavy atom. The molecule has 1 unspecified atom stereocenters. The van der Waals surface area contributed by atoms with Crippen LogP contribution in [0.15, 0.2) is 72.3 Å². The van der Waals surface area contributed by atoms with Crippen LogP contribution in [0.4, 0.5) is 0 Å². The Hall–Kier alpha value is -3.50. The van der Waals surface area contributed by atoms with Gasteiger partial charge in [-0.3, -0.25) is 0 Å². The van der Waals surface area contributed by atoms with Gasteiger partial charge in [0.25, 0.3) is 0 Å². The number of nitrogens with zero attached hydrogens (tertiary/aromatic N) is 1. The number of para-hydroxylation sites is 1. The van der Waals surface area contributed by atoms with Crippen molar-refractivity contribution in [2.75, 3.05) is 20.7 Å². The van der Waals surface area contributed by atoms with Gasteiger partial charge in [-0.05, 0) is 80.6 Å². The molecule has 2 N–H and O–H groups in total. The smallest absolute Gasteiger partial charge is 0.161 e. The number of H-pyrrole nitrogens is 1. The first-order valence-corrected chi connectivity index (χ1v) is 13.9. The van der Waals surface area contributed by atoms with E-state index in [1.165, 1.54) is 44.4 Å². The van der Waals surface area contributed by atoms with E-state index in [-0.39, 0.29) is 16.7 Å². The van der Waals surface area contributed by atoms with Crippen LogP contribution in [-0.2, 0) is 18.3 Å². The Kier molecular flexibility index (Phi) is 4.46. The number of hydrogen-bond donors (Lipinski definition) is 2. The van der Waals surface area contributed by atoms with Crippen molar-refractivity contribution in [1.82, 2.24) is 9.88 Å². The van der Waals surface area contributed by atoms with E-state index in [1.807, 2.05) is 6.07 Å². The van der Waals surface area contributed by atoms with Gasteiger partial charge in [0.2, 0.25) is 0 Å². The van der Waals surface area contributed by atoms with Crippen LogP contribution in [-0.4, -0.2) is 41.7 Å². The average molecular weight is 503 g/mol. The molecule has 2 fully saturated rings. The number of ether oxygens (including phenoxy) is 1. The lowest BCUT2D eigenvalue weighted by Crippen LogP contribution is -2.67. The van der Waals surface area contributed by atoms with Crippen LogP contribution in [0.3, 0.4) is 0 Å². The molecule has 0 spiro atoms. The standard InChI is InChI=1S/C34H34N2O2/c1-20(21-9-5-4-6-10-21)24-18-33-19-25-23-11-7-8-12-26(23)35-31(25)30(24)34(33)15-16-36(2)28(33)17-22-13-14-27(38-3)32(37)29(22)34/h4-14,28,30,35,37H,15-19H2,1-3H3/b24-20+/t28?,30-,33-,34-/m0/s1. The molecule has 4 heteroatoms. The predicted molar refractivity (Wildman–Crippen MR) is 152 cm³/mol. The zero-order valence-electron chi connectivity index (χ0n) is 22.3. The number of aromatic nitrogens is 1. The van der Waals surface area contributed by atoms with E-state index >= 15 is 0 Å². The number of rotatable bonds is 2. The lowest BCUT2D eigenvalue weighted by molar-refractivity contribution is -0.0508. The molecule has 3 aromatic carbocycles. The van der Waals surface area contributed by atoms with Crippen LogP contribution in [0.25, 0.3) is 16.5 Å². The second-order valence-electron chi connectivity index (χ2n) is 12.1. The quantitative estimate of drug-likeness (QED) is 0.325. The third-order valence-electron chi connectivity index (χ3n) is 10.9. The summed E-state index contributed by atoms with van der Waals surface area (Å²) >= 11 is 0. The summed E-state index contributed by atoms with van der Waals surface area (Å²) in [6.45, 7) is 3.36. The lowest BCUT2D eigenvalue weighted by Gasteiger charge is -2.64. The van der Waals surface area contributed by atoms with Crippen molar-refractivity contribution >= 4 is 16.5 Å². The van der Waals surface area contributed by atoms with E-state index < -0.39 is 0 Å². The Morgan fingerprint density at radius 2 is 1.82 bits per heavy atom. The van der Waals surface area contributed by atoms with E-state index in [4.69, 9.17) is 4.74 Å². The summed E-state index contributed by atoms with van der Waals surface area (Å²) in [7, 11) is 3.99. The predicted octanol–water partition coefficient (Wildman–Crippen LogP) is 6.58. The molecule has 1 saturated carbocycles. The molecule has 2 heterocycles. The highest BCUT2D eigenvalue weighted by molar-refractivity contribution is 5.87. The van der Waals surface area contributed by atoms with Gasteiger partial charge >= 0.3 is 0 Å². The fourth-order valence-corrected chi connectivity index (χ4v) is 9.40. The summed E-state index contributed by atoms with van der Waals surface area (Å²) in [6.07, 6.45) is 4.08. The van der Waals surface area contributed by atoms with Crippen LogP contribution in [0, 0.1) is 5.41 Å². The molecule has 4 aliphatic rings. The number of benzene rings is 3. The maximum absolute atomic E-state index is 11.9. The third-order valence-corrected chi connectivity index (χ3v) is 10.9. The van der Waals surface area contributed by atoms with Crippen molar-refractivity contribution in [3.63, 3.8) is 0 Å². The number of aromatic amines is 1. The number of likely N-dealkylation sites (tertiary alicyclic amines) is 1. The zero-order chi connectivity index (χ0) is 25.8. The van der Waals surface area contributed by atoms with Crippen molar-refractivity contribution < 1.29 is 9.84 Å². The second-order valence-corrected chi connectivity index (χ2v) is 12.1. The van der Waals surface area contributed by atoms with E-state index in [0.717, 1.165) is 37.8 Å². The van der Waals surface area contributed by atoms with Crippen molar-refractivity contribution in [3.8, 4) is 11.5 Å². The molecule has 192 valence electrons. The largest absolute Gasteiger partial charge is 0.504 e. The van der Waals surface area contributed by atoms with Gasteiger partial charge in [0.1, 0.15) is 0 Å². The number of phenols is 1. The number of fused-ring (bicyclic) bond motifs is 5. The van der Waals surface area contributed by atoms with Gasteiger partial charge in [-0.1, -0.05) is 60.2 Å². The Bertz CT molecular complexity index is 1650. The van der Waals surface area contributed by atoms with Gasteiger partial charge in [-0.25, -0.2) is 0 Å². The molecule has 8 rings (SSSR count). The van der Waals surface area contributed by atoms with Gasteiger partial charge in [0.15, 0.2) is 11.5 Å². The molecule has 3 aliphatic carbocycles. The first-order chi connectivity index (χ1) is 18.5. The average Bonchev–Trinajstić information content (AvgIpc) is 3.41. The number of phenolic OH excluding ortho intramolecular Hbond substituents is 1. The minimum absolute atomic E-state index is 0.00481. The Morgan fingerprint density at radius 1 is 1.03 bits per heavy atom. The van der Waals surface area contributed by atoms with Crippen molar-refractivity contribution in [2.45, 2.75) is 50.0 Å². The SMILES string of the molecule is COc1ccc2c(c1O)[C@]13CCN(C)C(C2)[C@@]12C/C(=C(/C)c1ccccc1)[C@H]3c1[nH]c3ccccc3c1C2. The molecule has 4 atom stereocenters. The number of nitrogens with one attached hydrogen (secondary N) is 1. The number of piperidine rings is 1. The topological polar surface area (TPSA) is 48.5 Å². The fourth-order valence-electron chi connectivity index (χ4n) is 9.40. The molecule has 1 saturated heterocycles. The van der Waals surface area contributed by atoms with Gasteiger partial charge in [-0.15, -0.1) is 0 Å². The molecule has 4 nitrogen and oxygen atoms in total. The minimum atomic E-state index is -0.185. The molecule has 1 aliphatic heterocycles. The van der Waals surface area contributed by atoms with Crippen molar-refractivity contribution in [2.24, 2.45) is 5.41 Å². The fraction of sp³-hybridized carbons (Fsp3) is 0.353. The molecular formula is C34H34N2O2. The molecule has 4 bridgehead atoms. The van der Waals surface area contributed by atoms with E-state index in [0.29, 0.717) is 17.5 Å². The Labute approximate surface area is 224 Å². The monoisotopic (exact) mass is 502 g/mol. The van der Waals surface area contributed by atoms with Crippen molar-refractivity contribution in [1.29, 1.82) is 0 Å². The number of allylic oxidation sites excluding steroid dienone is 2. The number of likely N-dealkylation sites (N-methyl/N-ethyl adjacent to an activating group) is 1. The lowest BCUT2D eigenvalue weighted by atomic mass is 9.44. The number of aromatic hydroxyl groups is 1. The molecule has 1 aromatic heterocycles. The summed E-state index contributed by atoms with van der Waals surface area (Å²) in [5.41, 5.74) is 10.6. The summed E-state index contributed by atoms with van der Waals surface area (Å²) in [6, 6.07) is 24.3. The van der Waals surface area contributed by atoms with Gasteiger partial charge in [0.05, 0.1) is 7.11 Å². The summed E-state index contributed by atoms with van der Waals surface area (Å²) in [5, 5.41) is 13.2. The number of hydrogen-bond acceptors (Lipinski definition) is 3. The second kappa shape index (κ2) is 7.54. The zero-order valence-corrected chi connectivity index (χ0v) is 22.3. The third kappa shape index (κ3) is 2.50. The summed E-state index contributed by atoms with van der Waals surface area (Å²) < 4.78 is 5.72. The van der Waals surface area contributed by atoms with Crippen molar-refractivity contribution in [3.05, 3.63) is 100 Å². The molecule has 0 amide bonds. The first-order valence-electron chi connectivity index (χ1n) is 13.9. The van der Waals surface area contributed by atoms with Gasteiger partial charge < -0.3 is 19.7 Å². The van der Waals surface area contributed by atoms with Gasteiger partial charge in [-0.2, -0.15) is 0 Å². The maximum Gasteiger partial charge on any atom is 0.161 e. The summed E-state index contributed by atoms with van der Waals surface area (Å²) in [5.74, 6) is 1.14. The highest BCUT2D eigenvalue weighted by atomic mass is 16.5. The Balaban J connectivity index is 1.52. The van der Waals surface area contributed by atoms with E-state index in [2.05, 4.69) is 84.5 Å². The van der Waals surface area contributed by atoms with Crippen LogP contribution in [0.5, 0.6) is 11.5 Å². The minimum Gasteiger partial charge on any atom is -0.504 e. The normalized spacial score (nSPS) is 30.5. The molecule has 0 radical (unpaired) electrons. The maximum atomic E-state index is 11.9. The van der Waals surface area contributed by atoms with E-state index in [1.54, 1.807) is 7.11 Å².